The molecule has 0 fully saturated rings. The SMILES string of the molecule is CCCCC[C@H](O)C=C[C@@H]1C(CCCCCCC(=O)O)=C(C(=O)OCCCC)C[C@H]1O. The van der Waals surface area contributed by atoms with E-state index in [-0.39, 0.29) is 24.7 Å². The van der Waals surface area contributed by atoms with Crippen LogP contribution in [0.25, 0.3) is 0 Å². The first kappa shape index (κ1) is 27.4. The van der Waals surface area contributed by atoms with Gasteiger partial charge in [-0.25, -0.2) is 4.79 Å². The largest absolute Gasteiger partial charge is 0.481 e. The first-order valence-corrected chi connectivity index (χ1v) is 12.1. The van der Waals surface area contributed by atoms with Crippen molar-refractivity contribution >= 4 is 11.9 Å². The van der Waals surface area contributed by atoms with Crippen LogP contribution in [0.2, 0.25) is 0 Å². The Balaban J connectivity index is 2.78. The number of carbonyl (C=O) groups is 2. The average Bonchev–Trinajstić information content (AvgIpc) is 3.04. The number of hydrogen-bond acceptors (Lipinski definition) is 5. The first-order chi connectivity index (χ1) is 14.9. The summed E-state index contributed by atoms with van der Waals surface area (Å²) in [5.41, 5.74) is 1.48. The fourth-order valence-electron chi connectivity index (χ4n) is 3.97. The molecule has 1 aliphatic carbocycles. The number of hydrogen-bond donors (Lipinski definition) is 3. The number of rotatable bonds is 17. The molecule has 3 atom stereocenters. The van der Waals surface area contributed by atoms with Crippen LogP contribution in [0.15, 0.2) is 23.3 Å². The van der Waals surface area contributed by atoms with Crippen LogP contribution in [0.3, 0.4) is 0 Å². The van der Waals surface area contributed by atoms with Crippen molar-refractivity contribution < 1.29 is 29.6 Å². The summed E-state index contributed by atoms with van der Waals surface area (Å²) in [6.07, 6.45) is 12.3. The number of aliphatic hydroxyl groups excluding tert-OH is 2. The number of carboxylic acids is 1. The van der Waals surface area contributed by atoms with Crippen molar-refractivity contribution in [1.82, 2.24) is 0 Å². The van der Waals surface area contributed by atoms with Gasteiger partial charge in [0.15, 0.2) is 0 Å². The Morgan fingerprint density at radius 3 is 2.45 bits per heavy atom. The molecule has 0 aromatic heterocycles. The van der Waals surface area contributed by atoms with Gasteiger partial charge in [0.05, 0.1) is 18.8 Å². The number of unbranched alkanes of at least 4 members (excludes halogenated alkanes) is 6. The molecule has 0 aliphatic heterocycles. The molecular formula is C25H42O6. The molecule has 6 nitrogen and oxygen atoms in total. The number of carbonyl (C=O) groups excluding carboxylic acids is 1. The third kappa shape index (κ3) is 11.0. The molecule has 178 valence electrons. The average molecular weight is 439 g/mol. The second kappa shape index (κ2) is 16.0. The summed E-state index contributed by atoms with van der Waals surface area (Å²) in [7, 11) is 0. The number of aliphatic hydroxyl groups is 2. The van der Waals surface area contributed by atoms with E-state index in [4.69, 9.17) is 9.84 Å². The van der Waals surface area contributed by atoms with E-state index in [9.17, 15) is 19.8 Å². The van der Waals surface area contributed by atoms with E-state index in [1.165, 1.54) is 0 Å². The second-order valence-corrected chi connectivity index (χ2v) is 8.55. The van der Waals surface area contributed by atoms with Gasteiger partial charge < -0.3 is 20.1 Å². The number of esters is 1. The molecule has 31 heavy (non-hydrogen) atoms. The zero-order valence-electron chi connectivity index (χ0n) is 19.4. The van der Waals surface area contributed by atoms with Crippen molar-refractivity contribution in [3.05, 3.63) is 23.3 Å². The maximum absolute atomic E-state index is 12.6. The molecule has 0 spiro atoms. The Labute approximate surface area is 187 Å². The van der Waals surface area contributed by atoms with Gasteiger partial charge in [-0.3, -0.25) is 4.79 Å². The highest BCUT2D eigenvalue weighted by Crippen LogP contribution is 2.37. The van der Waals surface area contributed by atoms with Gasteiger partial charge in [0.1, 0.15) is 0 Å². The fourth-order valence-corrected chi connectivity index (χ4v) is 3.97. The van der Waals surface area contributed by atoms with Crippen molar-refractivity contribution in [3.63, 3.8) is 0 Å². The van der Waals surface area contributed by atoms with Gasteiger partial charge in [-0.15, -0.1) is 0 Å². The van der Waals surface area contributed by atoms with Crippen LogP contribution in [0.5, 0.6) is 0 Å². The standard InChI is InChI=1S/C25H42O6/c1-3-5-9-12-19(26)15-16-21-20(13-10-7-8-11-14-24(28)29)22(18-23(21)27)25(30)31-17-6-4-2/h15-16,19,21,23,26-27H,3-14,17-18H2,1-2H3,(H,28,29)/t19-,21+,23+/m0/s1. The molecule has 0 aromatic carbocycles. The quantitative estimate of drug-likeness (QED) is 0.169. The summed E-state index contributed by atoms with van der Waals surface area (Å²) in [5, 5.41) is 29.6. The maximum atomic E-state index is 12.6. The normalized spacial score (nSPS) is 19.9. The van der Waals surface area contributed by atoms with Gasteiger partial charge in [0.25, 0.3) is 0 Å². The topological polar surface area (TPSA) is 104 Å². The third-order valence-corrected chi connectivity index (χ3v) is 5.83. The van der Waals surface area contributed by atoms with E-state index >= 15 is 0 Å². The monoisotopic (exact) mass is 438 g/mol. The minimum atomic E-state index is -0.776. The van der Waals surface area contributed by atoms with Gasteiger partial charge in [-0.05, 0) is 32.1 Å². The maximum Gasteiger partial charge on any atom is 0.334 e. The molecular weight excluding hydrogens is 396 g/mol. The zero-order chi connectivity index (χ0) is 23.1. The lowest BCUT2D eigenvalue weighted by atomic mass is 9.92. The summed E-state index contributed by atoms with van der Waals surface area (Å²) in [6.45, 7) is 4.54. The van der Waals surface area contributed by atoms with E-state index in [1.54, 1.807) is 6.08 Å². The first-order valence-electron chi connectivity index (χ1n) is 12.1. The zero-order valence-corrected chi connectivity index (χ0v) is 19.4. The molecule has 0 heterocycles. The van der Waals surface area contributed by atoms with Crippen molar-refractivity contribution in [3.8, 4) is 0 Å². The van der Waals surface area contributed by atoms with Crippen molar-refractivity contribution in [2.75, 3.05) is 6.61 Å². The molecule has 0 amide bonds. The Hall–Kier alpha value is -1.66. The van der Waals surface area contributed by atoms with E-state index in [2.05, 4.69) is 6.92 Å². The molecule has 1 aliphatic rings. The van der Waals surface area contributed by atoms with Crippen molar-refractivity contribution in [1.29, 1.82) is 0 Å². The highest BCUT2D eigenvalue weighted by atomic mass is 16.5. The Morgan fingerprint density at radius 2 is 1.77 bits per heavy atom. The summed E-state index contributed by atoms with van der Waals surface area (Å²) in [6, 6.07) is 0. The highest BCUT2D eigenvalue weighted by Gasteiger charge is 2.35. The second-order valence-electron chi connectivity index (χ2n) is 8.55. The Morgan fingerprint density at radius 1 is 1.06 bits per heavy atom. The van der Waals surface area contributed by atoms with Crippen molar-refractivity contribution in [2.24, 2.45) is 5.92 Å². The summed E-state index contributed by atoms with van der Waals surface area (Å²) < 4.78 is 5.41. The summed E-state index contributed by atoms with van der Waals surface area (Å²) in [4.78, 5) is 23.3. The van der Waals surface area contributed by atoms with E-state index in [0.29, 0.717) is 31.4 Å². The van der Waals surface area contributed by atoms with Crippen LogP contribution in [0.4, 0.5) is 0 Å². The predicted octanol–water partition coefficient (Wildman–Crippen LogP) is 4.93. The van der Waals surface area contributed by atoms with Crippen LogP contribution in [-0.4, -0.2) is 46.1 Å². The minimum absolute atomic E-state index is 0.178. The summed E-state index contributed by atoms with van der Waals surface area (Å²) in [5.74, 6) is -1.40. The molecule has 6 heteroatoms. The lowest BCUT2D eigenvalue weighted by molar-refractivity contribution is -0.139. The minimum Gasteiger partial charge on any atom is -0.481 e. The van der Waals surface area contributed by atoms with Crippen LogP contribution in [0, 0.1) is 5.92 Å². The molecule has 0 saturated heterocycles. The molecule has 0 saturated carbocycles. The van der Waals surface area contributed by atoms with E-state index < -0.39 is 18.2 Å². The lowest BCUT2D eigenvalue weighted by Gasteiger charge is -2.16. The van der Waals surface area contributed by atoms with Crippen molar-refractivity contribution in [2.45, 2.75) is 110 Å². The van der Waals surface area contributed by atoms with Gasteiger partial charge >= 0.3 is 11.9 Å². The fraction of sp³-hybridized carbons (Fsp3) is 0.760. The van der Waals surface area contributed by atoms with Gasteiger partial charge in [0.2, 0.25) is 0 Å². The Kier molecular flexibility index (Phi) is 14.2. The molecule has 0 unspecified atom stereocenters. The van der Waals surface area contributed by atoms with Gasteiger partial charge in [-0.1, -0.05) is 70.1 Å². The van der Waals surface area contributed by atoms with Gasteiger partial charge in [0, 0.05) is 24.3 Å². The molecule has 3 N–H and O–H groups in total. The Bertz CT molecular complexity index is 595. The highest BCUT2D eigenvalue weighted by molar-refractivity contribution is 5.90. The third-order valence-electron chi connectivity index (χ3n) is 5.83. The number of aliphatic carboxylic acids is 1. The van der Waals surface area contributed by atoms with Gasteiger partial charge in [-0.2, -0.15) is 0 Å². The summed E-state index contributed by atoms with van der Waals surface area (Å²) >= 11 is 0. The lowest BCUT2D eigenvalue weighted by Crippen LogP contribution is -2.15. The molecule has 0 radical (unpaired) electrons. The predicted molar refractivity (Wildman–Crippen MR) is 122 cm³/mol. The van der Waals surface area contributed by atoms with Crippen LogP contribution < -0.4 is 0 Å². The van der Waals surface area contributed by atoms with E-state index in [0.717, 1.165) is 56.9 Å². The molecule has 0 bridgehead atoms. The number of carboxylic acid groups (broad SMARTS) is 1. The number of ether oxygens (including phenoxy) is 1. The molecule has 1 rings (SSSR count). The smallest absolute Gasteiger partial charge is 0.334 e. The molecule has 0 aromatic rings. The van der Waals surface area contributed by atoms with Crippen LogP contribution >= 0.6 is 0 Å². The van der Waals surface area contributed by atoms with E-state index in [1.807, 2.05) is 13.0 Å². The van der Waals surface area contributed by atoms with Crippen LogP contribution in [-0.2, 0) is 14.3 Å². The van der Waals surface area contributed by atoms with Crippen LogP contribution in [0.1, 0.15) is 97.3 Å².